The summed E-state index contributed by atoms with van der Waals surface area (Å²) in [5, 5.41) is 11.1. The van der Waals surface area contributed by atoms with Crippen molar-refractivity contribution >= 4 is 22.2 Å². The van der Waals surface area contributed by atoms with E-state index in [4.69, 9.17) is 14.4 Å². The number of rotatable bonds is 5. The van der Waals surface area contributed by atoms with Crippen LogP contribution in [0.15, 0.2) is 29.2 Å². The zero-order chi connectivity index (χ0) is 21.3. The molecule has 0 aliphatic carbocycles. The number of benzene rings is 1. The number of hydrogen-bond donors (Lipinski definition) is 3. The number of amides is 1. The molecule has 0 heterocycles. The van der Waals surface area contributed by atoms with Gasteiger partial charge in [0.15, 0.2) is 0 Å². The lowest BCUT2D eigenvalue weighted by Crippen LogP contribution is -2.44. The van der Waals surface area contributed by atoms with Crippen molar-refractivity contribution in [3.05, 3.63) is 29.8 Å². The molecule has 154 valence electrons. The van der Waals surface area contributed by atoms with Crippen LogP contribution >= 0.6 is 0 Å². The molecule has 1 atom stereocenters. The highest BCUT2D eigenvalue weighted by atomic mass is 32.2. The van der Waals surface area contributed by atoms with Gasteiger partial charge in [-0.15, -0.1) is 0 Å². The van der Waals surface area contributed by atoms with Gasteiger partial charge < -0.3 is 19.9 Å². The molecule has 0 fully saturated rings. The van der Waals surface area contributed by atoms with Gasteiger partial charge in [0.2, 0.25) is 0 Å². The number of esters is 1. The van der Waals surface area contributed by atoms with Gasteiger partial charge in [0.25, 0.3) is 10.1 Å². The van der Waals surface area contributed by atoms with E-state index in [9.17, 15) is 18.0 Å². The Morgan fingerprint density at radius 3 is 2.07 bits per heavy atom. The summed E-state index contributed by atoms with van der Waals surface area (Å²) in [7, 11) is -2.81. The van der Waals surface area contributed by atoms with E-state index < -0.39 is 33.8 Å². The second-order valence-corrected chi connectivity index (χ2v) is 7.94. The first kappa shape index (κ1) is 24.8. The van der Waals surface area contributed by atoms with Crippen LogP contribution in [0.3, 0.4) is 0 Å². The molecule has 0 aliphatic heterocycles. The van der Waals surface area contributed by atoms with Crippen molar-refractivity contribution in [1.82, 2.24) is 5.32 Å². The van der Waals surface area contributed by atoms with Gasteiger partial charge in [-0.2, -0.15) is 8.42 Å². The molecule has 0 saturated heterocycles. The first-order valence-corrected chi connectivity index (χ1v) is 9.46. The topological polar surface area (TPSA) is 139 Å². The highest BCUT2D eigenvalue weighted by Crippen LogP contribution is 2.09. The molecular formula is C17H27NO8S. The predicted octanol–water partition coefficient (Wildman–Crippen LogP) is 1.68. The maximum atomic E-state index is 11.3. The minimum atomic E-state index is -4.02. The maximum Gasteiger partial charge on any atom is 0.408 e. The fourth-order valence-corrected chi connectivity index (χ4v) is 2.16. The molecule has 1 amide bonds. The van der Waals surface area contributed by atoms with Crippen LogP contribution < -0.4 is 5.32 Å². The van der Waals surface area contributed by atoms with E-state index in [1.807, 2.05) is 6.92 Å². The monoisotopic (exact) mass is 405 g/mol. The second-order valence-electron chi connectivity index (χ2n) is 6.52. The van der Waals surface area contributed by atoms with Crippen molar-refractivity contribution in [2.75, 3.05) is 13.7 Å². The van der Waals surface area contributed by atoms with Crippen molar-refractivity contribution in [3.8, 4) is 0 Å². The van der Waals surface area contributed by atoms with Crippen molar-refractivity contribution in [2.24, 2.45) is 0 Å². The first-order valence-electron chi connectivity index (χ1n) is 8.02. The van der Waals surface area contributed by atoms with Crippen LogP contribution in [0.25, 0.3) is 0 Å². The predicted molar refractivity (Wildman–Crippen MR) is 97.9 cm³/mol. The van der Waals surface area contributed by atoms with Crippen molar-refractivity contribution in [2.45, 2.75) is 50.7 Å². The van der Waals surface area contributed by atoms with E-state index in [-0.39, 0.29) is 17.9 Å². The van der Waals surface area contributed by atoms with Crippen LogP contribution in [-0.2, 0) is 24.4 Å². The number of methoxy groups -OCH3 is 1. The summed E-state index contributed by atoms with van der Waals surface area (Å²) in [5.74, 6) is -0.611. The van der Waals surface area contributed by atoms with E-state index in [1.54, 1.807) is 32.9 Å². The summed E-state index contributed by atoms with van der Waals surface area (Å²) in [5.41, 5.74) is 0.321. The number of aliphatic hydroxyl groups is 1. The average molecular weight is 405 g/mol. The lowest BCUT2D eigenvalue weighted by molar-refractivity contribution is -0.143. The molecule has 9 nitrogen and oxygen atoms in total. The van der Waals surface area contributed by atoms with Gasteiger partial charge in [-0.3, -0.25) is 4.55 Å². The van der Waals surface area contributed by atoms with E-state index in [0.29, 0.717) is 0 Å². The number of hydrogen-bond acceptors (Lipinski definition) is 7. The third-order valence-electron chi connectivity index (χ3n) is 2.91. The molecular weight excluding hydrogens is 378 g/mol. The number of carbonyl (C=O) groups is 2. The normalized spacial score (nSPS) is 12.3. The number of aliphatic hydroxyl groups excluding tert-OH is 1. The zero-order valence-corrected chi connectivity index (χ0v) is 16.9. The molecule has 0 spiro atoms. The van der Waals surface area contributed by atoms with Gasteiger partial charge in [-0.1, -0.05) is 17.7 Å². The summed E-state index contributed by atoms with van der Waals surface area (Å²) in [6, 6.07) is 5.10. The standard InChI is InChI=1S/C10H19NO5.C7H8O3S/c1-10(2,3)16-9(14)11-7(5-6-12)8(13)15-4;1-6-2-4-7(5-3-6)11(8,9)10/h7,12H,5-6H2,1-4H3,(H,11,14);2-5H,1H3,(H,8,9,10)/t7-;/m0./s1. The largest absolute Gasteiger partial charge is 0.467 e. The molecule has 1 aromatic rings. The number of nitrogens with one attached hydrogen (secondary N) is 1. The summed E-state index contributed by atoms with van der Waals surface area (Å²) >= 11 is 0. The number of alkyl carbamates (subject to hydrolysis) is 1. The second kappa shape index (κ2) is 10.9. The third-order valence-corrected chi connectivity index (χ3v) is 3.78. The summed E-state index contributed by atoms with van der Waals surface area (Å²) in [4.78, 5) is 22.5. The van der Waals surface area contributed by atoms with Gasteiger partial charge in [0, 0.05) is 13.0 Å². The Hall–Kier alpha value is -2.17. The average Bonchev–Trinajstić information content (AvgIpc) is 2.52. The molecule has 10 heteroatoms. The Labute approximate surface area is 159 Å². The molecule has 27 heavy (non-hydrogen) atoms. The Morgan fingerprint density at radius 1 is 1.19 bits per heavy atom. The van der Waals surface area contributed by atoms with Gasteiger partial charge in [0.1, 0.15) is 11.6 Å². The highest BCUT2D eigenvalue weighted by molar-refractivity contribution is 7.85. The molecule has 1 aromatic carbocycles. The smallest absolute Gasteiger partial charge is 0.408 e. The van der Waals surface area contributed by atoms with Crippen molar-refractivity contribution < 1.29 is 37.1 Å². The van der Waals surface area contributed by atoms with Crippen LogP contribution in [0.4, 0.5) is 4.79 Å². The van der Waals surface area contributed by atoms with Gasteiger partial charge in [-0.05, 0) is 39.8 Å². The number of aryl methyl sites for hydroxylation is 1. The number of ether oxygens (including phenoxy) is 2. The van der Waals surface area contributed by atoms with Crippen LogP contribution in [0.1, 0.15) is 32.8 Å². The minimum absolute atomic E-state index is 0.0666. The molecule has 0 saturated carbocycles. The Morgan fingerprint density at radius 2 is 1.70 bits per heavy atom. The minimum Gasteiger partial charge on any atom is -0.467 e. The van der Waals surface area contributed by atoms with Gasteiger partial charge in [-0.25, -0.2) is 9.59 Å². The molecule has 0 radical (unpaired) electrons. The maximum absolute atomic E-state index is 11.3. The SMILES string of the molecule is COC(=O)[C@H](CCO)NC(=O)OC(C)(C)C.Cc1ccc(S(=O)(=O)O)cc1. The van der Waals surface area contributed by atoms with Crippen LogP contribution in [0.2, 0.25) is 0 Å². The molecule has 0 aromatic heterocycles. The Kier molecular flexibility index (Phi) is 9.98. The summed E-state index contributed by atoms with van der Waals surface area (Å²) in [6.07, 6.45) is -0.623. The lowest BCUT2D eigenvalue weighted by atomic mass is 10.2. The Balaban J connectivity index is 0.000000533. The summed E-state index contributed by atoms with van der Waals surface area (Å²) < 4.78 is 39.0. The molecule has 0 bridgehead atoms. The zero-order valence-electron chi connectivity index (χ0n) is 16.1. The Bertz CT molecular complexity index is 707. The molecule has 3 N–H and O–H groups in total. The van der Waals surface area contributed by atoms with Gasteiger partial charge >= 0.3 is 12.1 Å². The van der Waals surface area contributed by atoms with Crippen LogP contribution in [0, 0.1) is 6.92 Å². The molecule has 1 rings (SSSR count). The third kappa shape index (κ3) is 11.2. The fourth-order valence-electron chi connectivity index (χ4n) is 1.68. The van der Waals surface area contributed by atoms with E-state index in [1.165, 1.54) is 19.2 Å². The quantitative estimate of drug-likeness (QED) is 0.497. The van der Waals surface area contributed by atoms with Crippen molar-refractivity contribution in [1.29, 1.82) is 0 Å². The fraction of sp³-hybridized carbons (Fsp3) is 0.529. The first-order chi connectivity index (χ1) is 12.3. The van der Waals surface area contributed by atoms with Gasteiger partial charge in [0.05, 0.1) is 12.0 Å². The molecule has 0 unspecified atom stereocenters. The van der Waals surface area contributed by atoms with E-state index in [0.717, 1.165) is 5.56 Å². The summed E-state index contributed by atoms with van der Waals surface area (Å²) in [6.45, 7) is 6.76. The number of carbonyl (C=O) groups excluding carboxylic acids is 2. The van der Waals surface area contributed by atoms with Crippen LogP contribution in [0.5, 0.6) is 0 Å². The lowest BCUT2D eigenvalue weighted by Gasteiger charge is -2.22. The van der Waals surface area contributed by atoms with E-state index >= 15 is 0 Å². The highest BCUT2D eigenvalue weighted by Gasteiger charge is 2.24. The van der Waals surface area contributed by atoms with E-state index in [2.05, 4.69) is 10.1 Å². The molecule has 0 aliphatic rings. The van der Waals surface area contributed by atoms with Crippen molar-refractivity contribution in [3.63, 3.8) is 0 Å². The van der Waals surface area contributed by atoms with Crippen LogP contribution in [-0.4, -0.2) is 55.5 Å².